The molecule has 0 spiro atoms. The van der Waals surface area contributed by atoms with Gasteiger partial charge in [-0.1, -0.05) is 0 Å². The summed E-state index contributed by atoms with van der Waals surface area (Å²) in [5.41, 5.74) is 2.06. The van der Waals surface area contributed by atoms with Gasteiger partial charge in [0.25, 0.3) is 5.91 Å². The fourth-order valence-corrected chi connectivity index (χ4v) is 5.57. The Bertz CT molecular complexity index is 1130. The Labute approximate surface area is 171 Å². The monoisotopic (exact) mass is 441 g/mol. The van der Waals surface area contributed by atoms with Crippen LogP contribution in [0.3, 0.4) is 0 Å². The van der Waals surface area contributed by atoms with Crippen LogP contribution in [0.2, 0.25) is 0 Å². The van der Waals surface area contributed by atoms with Crippen molar-refractivity contribution < 1.29 is 31.1 Å². The number of alkyl halides is 3. The van der Waals surface area contributed by atoms with Crippen molar-refractivity contribution in [2.75, 3.05) is 19.6 Å². The summed E-state index contributed by atoms with van der Waals surface area (Å²) in [5.74, 6) is -0.661. The molecule has 1 unspecified atom stereocenters. The van der Waals surface area contributed by atoms with Crippen LogP contribution in [0, 0.1) is 13.8 Å². The van der Waals surface area contributed by atoms with Gasteiger partial charge in [0, 0.05) is 31.5 Å². The van der Waals surface area contributed by atoms with E-state index in [0.717, 1.165) is 29.5 Å². The van der Waals surface area contributed by atoms with Crippen LogP contribution in [-0.4, -0.2) is 54.5 Å². The number of rotatable bonds is 3. The molecule has 1 amide bonds. The van der Waals surface area contributed by atoms with Crippen LogP contribution in [-0.2, 0) is 10.0 Å². The third-order valence-electron chi connectivity index (χ3n) is 5.26. The van der Waals surface area contributed by atoms with E-state index in [-0.39, 0.29) is 36.0 Å². The van der Waals surface area contributed by atoms with Gasteiger partial charge in [-0.25, -0.2) is 8.42 Å². The molecule has 2 aliphatic rings. The van der Waals surface area contributed by atoms with E-state index in [2.05, 4.69) is 9.72 Å². The first-order valence-electron chi connectivity index (χ1n) is 9.11. The minimum atomic E-state index is -4.86. The van der Waals surface area contributed by atoms with Crippen molar-refractivity contribution in [1.29, 1.82) is 0 Å². The van der Waals surface area contributed by atoms with Crippen molar-refractivity contribution in [3.63, 3.8) is 0 Å². The van der Waals surface area contributed by atoms with Crippen LogP contribution >= 0.6 is 0 Å². The second-order valence-electron chi connectivity index (χ2n) is 7.27. The molecule has 7 nitrogen and oxygen atoms in total. The van der Waals surface area contributed by atoms with Gasteiger partial charge in [-0.05, 0) is 49.2 Å². The van der Waals surface area contributed by atoms with Gasteiger partial charge in [-0.2, -0.15) is 4.31 Å². The Morgan fingerprint density at radius 1 is 1.17 bits per heavy atom. The molecule has 1 fully saturated rings. The van der Waals surface area contributed by atoms with Gasteiger partial charge in [0.2, 0.25) is 10.0 Å². The largest absolute Gasteiger partial charge is 0.573 e. The van der Waals surface area contributed by atoms with Crippen LogP contribution in [0.5, 0.6) is 5.75 Å². The SMILES string of the molecule is Cc1cc2c(cn1)C(=O)N1CCN(S(=O)(=O)c3ccc(OC(F)(F)F)cc3C)CC21. The number of pyridine rings is 1. The Morgan fingerprint density at radius 3 is 2.57 bits per heavy atom. The predicted octanol–water partition coefficient (Wildman–Crippen LogP) is 2.80. The molecule has 0 aliphatic carbocycles. The normalized spacial score (nSPS) is 19.6. The molecule has 2 aliphatic heterocycles. The number of piperazine rings is 1. The summed E-state index contributed by atoms with van der Waals surface area (Å²) in [6.07, 6.45) is -3.35. The van der Waals surface area contributed by atoms with Gasteiger partial charge in [-0.15, -0.1) is 13.2 Å². The lowest BCUT2D eigenvalue weighted by Gasteiger charge is -2.37. The Hall–Kier alpha value is -2.66. The molecule has 1 aromatic carbocycles. The molecule has 2 aromatic rings. The maximum Gasteiger partial charge on any atom is 0.573 e. The van der Waals surface area contributed by atoms with Gasteiger partial charge in [0.05, 0.1) is 16.5 Å². The molecule has 1 saturated heterocycles. The lowest BCUT2D eigenvalue weighted by molar-refractivity contribution is -0.274. The van der Waals surface area contributed by atoms with Crippen LogP contribution in [0.25, 0.3) is 0 Å². The van der Waals surface area contributed by atoms with Crippen molar-refractivity contribution in [2.24, 2.45) is 0 Å². The van der Waals surface area contributed by atoms with E-state index in [9.17, 15) is 26.4 Å². The first-order chi connectivity index (χ1) is 14.0. The van der Waals surface area contributed by atoms with E-state index < -0.39 is 28.2 Å². The maximum atomic E-state index is 13.2. The number of nitrogens with zero attached hydrogens (tertiary/aromatic N) is 3. The van der Waals surface area contributed by atoms with Gasteiger partial charge in [-0.3, -0.25) is 9.78 Å². The summed E-state index contributed by atoms with van der Waals surface area (Å²) in [5, 5.41) is 0. The Morgan fingerprint density at radius 2 is 1.90 bits per heavy atom. The van der Waals surface area contributed by atoms with Crippen LogP contribution < -0.4 is 4.74 Å². The summed E-state index contributed by atoms with van der Waals surface area (Å²) in [6, 6.07) is 4.49. The van der Waals surface area contributed by atoms with Crippen molar-refractivity contribution in [3.05, 3.63) is 52.8 Å². The zero-order valence-corrected chi connectivity index (χ0v) is 16.9. The van der Waals surface area contributed by atoms with Crippen molar-refractivity contribution in [2.45, 2.75) is 31.1 Å². The van der Waals surface area contributed by atoms with E-state index in [1.165, 1.54) is 17.4 Å². The van der Waals surface area contributed by atoms with Gasteiger partial charge in [0.1, 0.15) is 5.75 Å². The molecule has 3 heterocycles. The van der Waals surface area contributed by atoms with E-state index >= 15 is 0 Å². The highest BCUT2D eigenvalue weighted by atomic mass is 32.2. The number of sulfonamides is 1. The minimum Gasteiger partial charge on any atom is -0.406 e. The molecule has 0 saturated carbocycles. The summed E-state index contributed by atoms with van der Waals surface area (Å²) in [7, 11) is -3.98. The van der Waals surface area contributed by atoms with Crippen LogP contribution in [0.15, 0.2) is 35.4 Å². The highest BCUT2D eigenvalue weighted by molar-refractivity contribution is 7.89. The molecule has 0 N–H and O–H groups in total. The van der Waals surface area contributed by atoms with E-state index in [0.29, 0.717) is 5.56 Å². The highest BCUT2D eigenvalue weighted by Gasteiger charge is 2.43. The standard InChI is InChI=1S/C19H18F3N3O4S/c1-11-7-13(29-19(20,21)22)3-4-17(11)30(27,28)24-5-6-25-16(10-24)14-8-12(2)23-9-15(14)18(25)26/h3-4,7-9,16H,5-6,10H2,1-2H3. The fourth-order valence-electron chi connectivity index (χ4n) is 3.92. The zero-order valence-electron chi connectivity index (χ0n) is 16.1. The molecule has 4 rings (SSSR count). The molecule has 11 heteroatoms. The van der Waals surface area contributed by atoms with Crippen LogP contribution in [0.1, 0.15) is 33.2 Å². The second-order valence-corrected chi connectivity index (χ2v) is 9.17. The first-order valence-corrected chi connectivity index (χ1v) is 10.6. The summed E-state index contributed by atoms with van der Waals surface area (Å²) in [4.78, 5) is 18.3. The third kappa shape index (κ3) is 3.52. The summed E-state index contributed by atoms with van der Waals surface area (Å²) >= 11 is 0. The fraction of sp³-hybridized carbons (Fsp3) is 0.368. The van der Waals surface area contributed by atoms with Gasteiger partial charge >= 0.3 is 6.36 Å². The average molecular weight is 441 g/mol. The molecule has 0 bridgehead atoms. The number of hydrogen-bond acceptors (Lipinski definition) is 5. The van der Waals surface area contributed by atoms with E-state index in [4.69, 9.17) is 0 Å². The molecule has 160 valence electrons. The number of amides is 1. The van der Waals surface area contributed by atoms with Crippen molar-refractivity contribution in [3.8, 4) is 5.75 Å². The number of carbonyl (C=O) groups is 1. The Kier molecular flexibility index (Phi) is 4.77. The van der Waals surface area contributed by atoms with E-state index in [1.807, 2.05) is 0 Å². The third-order valence-corrected chi connectivity index (χ3v) is 7.29. The number of ether oxygens (including phenoxy) is 1. The van der Waals surface area contributed by atoms with E-state index in [1.54, 1.807) is 17.9 Å². The molecular weight excluding hydrogens is 423 g/mol. The summed E-state index contributed by atoms with van der Waals surface area (Å²) in [6.45, 7) is 3.56. The minimum absolute atomic E-state index is 0.0603. The zero-order chi connectivity index (χ0) is 21.8. The van der Waals surface area contributed by atoms with Crippen molar-refractivity contribution >= 4 is 15.9 Å². The molecule has 1 atom stereocenters. The average Bonchev–Trinajstić information content (AvgIpc) is 2.91. The number of hydrogen-bond donors (Lipinski definition) is 0. The lowest BCUT2D eigenvalue weighted by atomic mass is 10.1. The maximum absolute atomic E-state index is 13.2. The number of halogens is 3. The Balaban J connectivity index is 1.63. The molecule has 30 heavy (non-hydrogen) atoms. The molecule has 0 radical (unpaired) electrons. The second kappa shape index (κ2) is 6.95. The summed E-state index contributed by atoms with van der Waals surface area (Å²) < 4.78 is 68.8. The highest BCUT2D eigenvalue weighted by Crippen LogP contribution is 2.38. The molecule has 1 aromatic heterocycles. The predicted molar refractivity (Wildman–Crippen MR) is 99.4 cm³/mol. The van der Waals surface area contributed by atoms with Crippen molar-refractivity contribution in [1.82, 2.24) is 14.2 Å². The molecular formula is C19H18F3N3O4S. The van der Waals surface area contributed by atoms with Crippen LogP contribution in [0.4, 0.5) is 13.2 Å². The van der Waals surface area contributed by atoms with Gasteiger partial charge in [0.15, 0.2) is 0 Å². The quantitative estimate of drug-likeness (QED) is 0.732. The number of fused-ring (bicyclic) bond motifs is 3. The van der Waals surface area contributed by atoms with Gasteiger partial charge < -0.3 is 9.64 Å². The smallest absolute Gasteiger partial charge is 0.406 e. The first kappa shape index (κ1) is 20.6. The lowest BCUT2D eigenvalue weighted by Crippen LogP contribution is -2.49. The number of benzene rings is 1. The number of aromatic nitrogens is 1. The topological polar surface area (TPSA) is 79.8 Å². The number of carbonyl (C=O) groups excluding carboxylic acids is 1. The number of aryl methyl sites for hydroxylation is 2.